The van der Waals surface area contributed by atoms with Gasteiger partial charge in [0, 0.05) is 24.2 Å². The van der Waals surface area contributed by atoms with E-state index >= 15 is 0 Å². The molecule has 0 radical (unpaired) electrons. The first-order chi connectivity index (χ1) is 15.4. The molecule has 3 aromatic rings. The van der Waals surface area contributed by atoms with Crippen molar-refractivity contribution in [2.24, 2.45) is 0 Å². The second kappa shape index (κ2) is 9.78. The van der Waals surface area contributed by atoms with Crippen LogP contribution in [-0.2, 0) is 21.4 Å². The molecule has 1 N–H and O–H groups in total. The van der Waals surface area contributed by atoms with Gasteiger partial charge in [-0.15, -0.1) is 11.3 Å². The minimum Gasteiger partial charge on any atom is -0.486 e. The number of hydrogen-bond acceptors (Lipinski definition) is 7. The van der Waals surface area contributed by atoms with Gasteiger partial charge in [-0.3, -0.25) is 4.79 Å². The Balaban J connectivity index is 1.49. The van der Waals surface area contributed by atoms with E-state index < -0.39 is 15.9 Å². The van der Waals surface area contributed by atoms with Crippen LogP contribution in [0.1, 0.15) is 21.1 Å². The summed E-state index contributed by atoms with van der Waals surface area (Å²) in [6.07, 6.45) is 0. The van der Waals surface area contributed by atoms with Crippen molar-refractivity contribution in [2.45, 2.75) is 18.4 Å². The molecular formula is C22H23N3O5S2. The molecule has 2 heterocycles. The van der Waals surface area contributed by atoms with Crippen molar-refractivity contribution in [2.75, 3.05) is 31.6 Å². The minimum atomic E-state index is -3.66. The summed E-state index contributed by atoms with van der Waals surface area (Å²) in [5, 5.41) is 5.64. The smallest absolute Gasteiger partial charge is 0.259 e. The van der Waals surface area contributed by atoms with E-state index in [0.29, 0.717) is 43.3 Å². The molecule has 1 aliphatic rings. The van der Waals surface area contributed by atoms with Gasteiger partial charge in [0.25, 0.3) is 5.91 Å². The molecule has 1 aromatic heterocycles. The number of thiazole rings is 1. The Labute approximate surface area is 190 Å². The number of aromatic nitrogens is 1. The van der Waals surface area contributed by atoms with Crippen LogP contribution in [0.2, 0.25) is 0 Å². The Morgan fingerprint density at radius 3 is 2.72 bits per heavy atom. The lowest BCUT2D eigenvalue weighted by Gasteiger charge is -2.26. The van der Waals surface area contributed by atoms with Crippen LogP contribution in [0, 0.1) is 6.92 Å². The lowest BCUT2D eigenvalue weighted by molar-refractivity contribution is 0.0730. The van der Waals surface area contributed by atoms with E-state index in [4.69, 9.17) is 9.47 Å². The van der Waals surface area contributed by atoms with Crippen molar-refractivity contribution in [3.05, 3.63) is 70.2 Å². The molecule has 0 bridgehead atoms. The van der Waals surface area contributed by atoms with Gasteiger partial charge < -0.3 is 14.8 Å². The number of morpholine rings is 1. The molecule has 0 atom stereocenters. The molecule has 0 saturated carbocycles. The first-order valence-electron chi connectivity index (χ1n) is 10.1. The van der Waals surface area contributed by atoms with E-state index in [2.05, 4.69) is 10.3 Å². The van der Waals surface area contributed by atoms with Crippen LogP contribution < -0.4 is 10.1 Å². The SMILES string of the molecule is Cc1nc(COc2ccccc2C(=O)Nc2cccc(S(=O)(=O)N3CCOCC3)c2)cs1. The van der Waals surface area contributed by atoms with E-state index in [1.54, 1.807) is 36.4 Å². The summed E-state index contributed by atoms with van der Waals surface area (Å²) in [7, 11) is -3.66. The number of benzene rings is 2. The predicted molar refractivity (Wildman–Crippen MR) is 122 cm³/mol. The zero-order valence-corrected chi connectivity index (χ0v) is 19.1. The number of aryl methyl sites for hydroxylation is 1. The fourth-order valence-corrected chi connectivity index (χ4v) is 5.33. The number of hydrogen-bond donors (Lipinski definition) is 1. The van der Waals surface area contributed by atoms with Gasteiger partial charge in [0.15, 0.2) is 0 Å². The van der Waals surface area contributed by atoms with Crippen molar-refractivity contribution in [3.63, 3.8) is 0 Å². The second-order valence-corrected chi connectivity index (χ2v) is 10.1. The zero-order valence-electron chi connectivity index (χ0n) is 17.5. The quantitative estimate of drug-likeness (QED) is 0.565. The maximum absolute atomic E-state index is 12.9. The largest absolute Gasteiger partial charge is 0.486 e. The highest BCUT2D eigenvalue weighted by Crippen LogP contribution is 2.24. The Kier molecular flexibility index (Phi) is 6.85. The molecule has 8 nitrogen and oxygen atoms in total. The summed E-state index contributed by atoms with van der Waals surface area (Å²) in [6.45, 7) is 3.52. The molecule has 2 aromatic carbocycles. The normalized spacial score (nSPS) is 14.8. The highest BCUT2D eigenvalue weighted by Gasteiger charge is 2.26. The molecule has 10 heteroatoms. The molecular weight excluding hydrogens is 450 g/mol. The number of rotatable bonds is 7. The van der Waals surface area contributed by atoms with Gasteiger partial charge in [0.2, 0.25) is 10.0 Å². The first kappa shape index (κ1) is 22.4. The fourth-order valence-electron chi connectivity index (χ4n) is 3.28. The Morgan fingerprint density at radius 1 is 1.19 bits per heavy atom. The summed E-state index contributed by atoms with van der Waals surface area (Å²) < 4.78 is 38.3. The van der Waals surface area contributed by atoms with Gasteiger partial charge in [-0.25, -0.2) is 13.4 Å². The lowest BCUT2D eigenvalue weighted by Crippen LogP contribution is -2.40. The number of amides is 1. The Morgan fingerprint density at radius 2 is 1.97 bits per heavy atom. The first-order valence-corrected chi connectivity index (χ1v) is 12.4. The van der Waals surface area contributed by atoms with E-state index in [1.807, 2.05) is 12.3 Å². The van der Waals surface area contributed by atoms with Crippen molar-refractivity contribution >= 4 is 33.0 Å². The zero-order chi connectivity index (χ0) is 22.6. The number of carbonyl (C=O) groups excluding carboxylic acids is 1. The minimum absolute atomic E-state index is 0.126. The third-order valence-corrected chi connectivity index (χ3v) is 7.59. The number of ether oxygens (including phenoxy) is 2. The number of sulfonamides is 1. The molecule has 0 spiro atoms. The summed E-state index contributed by atoms with van der Waals surface area (Å²) >= 11 is 1.54. The monoisotopic (exact) mass is 473 g/mol. The molecule has 1 aliphatic heterocycles. The van der Waals surface area contributed by atoms with Crippen LogP contribution in [0.5, 0.6) is 5.75 Å². The highest BCUT2D eigenvalue weighted by atomic mass is 32.2. The van der Waals surface area contributed by atoms with Gasteiger partial charge in [0.05, 0.1) is 34.4 Å². The summed E-state index contributed by atoms with van der Waals surface area (Å²) in [4.78, 5) is 17.4. The molecule has 0 aliphatic carbocycles. The van der Waals surface area contributed by atoms with E-state index in [1.165, 1.54) is 27.8 Å². The lowest BCUT2D eigenvalue weighted by atomic mass is 10.2. The van der Waals surface area contributed by atoms with E-state index in [9.17, 15) is 13.2 Å². The molecule has 4 rings (SSSR count). The number of nitrogens with one attached hydrogen (secondary N) is 1. The molecule has 1 amide bonds. The second-order valence-electron chi connectivity index (χ2n) is 7.14. The van der Waals surface area contributed by atoms with E-state index in [0.717, 1.165) is 10.7 Å². The van der Waals surface area contributed by atoms with Crippen LogP contribution in [0.3, 0.4) is 0 Å². The predicted octanol–water partition coefficient (Wildman–Crippen LogP) is 3.30. The molecule has 0 unspecified atom stereocenters. The van der Waals surface area contributed by atoms with Crippen LogP contribution in [-0.4, -0.2) is 49.9 Å². The van der Waals surface area contributed by atoms with Crippen molar-refractivity contribution in [3.8, 4) is 5.75 Å². The van der Waals surface area contributed by atoms with E-state index in [-0.39, 0.29) is 11.5 Å². The van der Waals surface area contributed by atoms with Crippen molar-refractivity contribution in [1.29, 1.82) is 0 Å². The maximum Gasteiger partial charge on any atom is 0.259 e. The van der Waals surface area contributed by atoms with Gasteiger partial charge in [-0.2, -0.15) is 4.31 Å². The summed E-state index contributed by atoms with van der Waals surface area (Å²) in [6, 6.07) is 13.1. The maximum atomic E-state index is 12.9. The number of anilines is 1. The average Bonchev–Trinajstić information content (AvgIpc) is 3.23. The Bertz CT molecular complexity index is 1200. The van der Waals surface area contributed by atoms with Crippen LogP contribution in [0.4, 0.5) is 5.69 Å². The van der Waals surface area contributed by atoms with Gasteiger partial charge in [0.1, 0.15) is 12.4 Å². The van der Waals surface area contributed by atoms with Gasteiger partial charge in [-0.1, -0.05) is 18.2 Å². The third-order valence-electron chi connectivity index (χ3n) is 4.87. The van der Waals surface area contributed by atoms with Gasteiger partial charge in [-0.05, 0) is 37.3 Å². The Hall–Kier alpha value is -2.79. The third kappa shape index (κ3) is 5.16. The standard InChI is InChI=1S/C22H23N3O5S2/c1-16-23-18(15-31-16)14-30-21-8-3-2-7-20(21)22(26)24-17-5-4-6-19(13-17)32(27,28)25-9-11-29-12-10-25/h2-8,13,15H,9-12,14H2,1H3,(H,24,26). The highest BCUT2D eigenvalue weighted by molar-refractivity contribution is 7.89. The van der Waals surface area contributed by atoms with Crippen LogP contribution in [0.25, 0.3) is 0 Å². The molecule has 32 heavy (non-hydrogen) atoms. The topological polar surface area (TPSA) is 97.8 Å². The average molecular weight is 474 g/mol. The molecule has 1 saturated heterocycles. The molecule has 1 fully saturated rings. The number of nitrogens with zero attached hydrogens (tertiary/aromatic N) is 2. The summed E-state index contributed by atoms with van der Waals surface area (Å²) in [5.74, 6) is 0.0312. The summed E-state index contributed by atoms with van der Waals surface area (Å²) in [5.41, 5.74) is 1.53. The molecule has 168 valence electrons. The van der Waals surface area contributed by atoms with Crippen LogP contribution in [0.15, 0.2) is 58.8 Å². The fraction of sp³-hybridized carbons (Fsp3) is 0.273. The van der Waals surface area contributed by atoms with Gasteiger partial charge >= 0.3 is 0 Å². The number of para-hydroxylation sites is 1. The number of carbonyl (C=O) groups is 1. The van der Waals surface area contributed by atoms with Crippen molar-refractivity contribution in [1.82, 2.24) is 9.29 Å². The van der Waals surface area contributed by atoms with Crippen molar-refractivity contribution < 1.29 is 22.7 Å². The van der Waals surface area contributed by atoms with Crippen LogP contribution >= 0.6 is 11.3 Å².